The van der Waals surface area contributed by atoms with E-state index in [9.17, 15) is 0 Å². The molecule has 0 unspecified atom stereocenters. The second-order valence-electron chi connectivity index (χ2n) is 3.67. The van der Waals surface area contributed by atoms with Gasteiger partial charge in [0.2, 0.25) is 0 Å². The maximum atomic E-state index is 5.06. The quantitative estimate of drug-likeness (QED) is 0.476. The Hall–Kier alpha value is -1.49. The van der Waals surface area contributed by atoms with Gasteiger partial charge in [-0.15, -0.1) is 0 Å². The lowest BCUT2D eigenvalue weighted by atomic mass is 10.2. The van der Waals surface area contributed by atoms with Crippen LogP contribution < -0.4 is 10.7 Å². The van der Waals surface area contributed by atoms with E-state index in [0.29, 0.717) is 11.2 Å². The van der Waals surface area contributed by atoms with Gasteiger partial charge in [0, 0.05) is 24.0 Å². The first-order valence-corrected chi connectivity index (χ1v) is 5.51. The Labute approximate surface area is 101 Å². The third-order valence-corrected chi connectivity index (χ3v) is 2.05. The summed E-state index contributed by atoms with van der Waals surface area (Å²) in [5.74, 6) is 0. The highest BCUT2D eigenvalue weighted by Gasteiger charge is 1.98. The van der Waals surface area contributed by atoms with E-state index in [1.54, 1.807) is 12.4 Å². The molecule has 16 heavy (non-hydrogen) atoms. The summed E-state index contributed by atoms with van der Waals surface area (Å²) >= 11 is 5.06. The maximum absolute atomic E-state index is 5.06. The minimum Gasteiger partial charge on any atom is -0.359 e. The van der Waals surface area contributed by atoms with Crippen LogP contribution in [0.2, 0.25) is 0 Å². The van der Waals surface area contributed by atoms with Gasteiger partial charge in [-0.05, 0) is 45.1 Å². The van der Waals surface area contributed by atoms with Gasteiger partial charge >= 0.3 is 0 Å². The van der Waals surface area contributed by atoms with Crippen molar-refractivity contribution >= 4 is 23.0 Å². The lowest BCUT2D eigenvalue weighted by Gasteiger charge is -2.10. The molecule has 1 aromatic rings. The van der Waals surface area contributed by atoms with Gasteiger partial charge in [0.1, 0.15) is 0 Å². The summed E-state index contributed by atoms with van der Waals surface area (Å²) in [5, 5.41) is 7.76. The zero-order valence-electron chi connectivity index (χ0n) is 9.69. The maximum Gasteiger partial charge on any atom is 0.187 e. The van der Waals surface area contributed by atoms with Crippen molar-refractivity contribution in [3.05, 3.63) is 30.1 Å². The molecule has 0 amide bonds. The fourth-order valence-electron chi connectivity index (χ4n) is 1.09. The van der Waals surface area contributed by atoms with Crippen molar-refractivity contribution < 1.29 is 0 Å². The highest BCUT2D eigenvalue weighted by Crippen LogP contribution is 1.97. The molecular formula is C11H16N4S. The molecule has 0 fully saturated rings. The van der Waals surface area contributed by atoms with E-state index in [4.69, 9.17) is 12.2 Å². The Bertz CT molecular complexity index is 373. The second-order valence-corrected chi connectivity index (χ2v) is 4.08. The first-order valence-electron chi connectivity index (χ1n) is 5.11. The van der Waals surface area contributed by atoms with Gasteiger partial charge in [-0.2, -0.15) is 5.10 Å². The predicted octanol–water partition coefficient (Wildman–Crippen LogP) is 1.68. The molecule has 0 saturated heterocycles. The van der Waals surface area contributed by atoms with Crippen LogP contribution in [0.3, 0.4) is 0 Å². The number of thiocarbonyl (C=S) groups is 1. The summed E-state index contributed by atoms with van der Waals surface area (Å²) in [5.41, 5.74) is 4.69. The molecule has 0 saturated carbocycles. The van der Waals surface area contributed by atoms with Gasteiger partial charge in [-0.25, -0.2) is 0 Å². The van der Waals surface area contributed by atoms with Crippen molar-refractivity contribution in [3.63, 3.8) is 0 Å². The van der Waals surface area contributed by atoms with Crippen LogP contribution in [0, 0.1) is 0 Å². The zero-order valence-corrected chi connectivity index (χ0v) is 10.5. The molecule has 0 atom stereocenters. The van der Waals surface area contributed by atoms with Crippen molar-refractivity contribution in [1.82, 2.24) is 15.7 Å². The third kappa shape index (κ3) is 4.35. The lowest BCUT2D eigenvalue weighted by molar-refractivity contribution is 0.719. The molecule has 0 radical (unpaired) electrons. The summed E-state index contributed by atoms with van der Waals surface area (Å²) in [6.07, 6.45) is 3.47. The van der Waals surface area contributed by atoms with E-state index in [2.05, 4.69) is 20.8 Å². The van der Waals surface area contributed by atoms with Crippen LogP contribution in [0.4, 0.5) is 0 Å². The molecule has 86 valence electrons. The van der Waals surface area contributed by atoms with Gasteiger partial charge in [0.05, 0.1) is 5.71 Å². The zero-order chi connectivity index (χ0) is 12.0. The number of hydrazone groups is 1. The molecular weight excluding hydrogens is 220 g/mol. The van der Waals surface area contributed by atoms with Gasteiger partial charge in [-0.1, -0.05) is 0 Å². The van der Waals surface area contributed by atoms with E-state index in [-0.39, 0.29) is 0 Å². The topological polar surface area (TPSA) is 49.3 Å². The highest BCUT2D eigenvalue weighted by atomic mass is 32.1. The van der Waals surface area contributed by atoms with Crippen LogP contribution in [0.25, 0.3) is 0 Å². The Kier molecular flexibility index (Phi) is 4.85. The molecule has 0 spiro atoms. The Balaban J connectivity index is 2.55. The molecule has 0 aliphatic carbocycles. The number of hydrogen-bond acceptors (Lipinski definition) is 3. The summed E-state index contributed by atoms with van der Waals surface area (Å²) in [6.45, 7) is 5.96. The Morgan fingerprint density at radius 3 is 2.56 bits per heavy atom. The van der Waals surface area contributed by atoms with E-state index in [1.165, 1.54) is 0 Å². The van der Waals surface area contributed by atoms with Crippen LogP contribution in [0.5, 0.6) is 0 Å². The number of nitrogens with zero attached hydrogens (tertiary/aromatic N) is 2. The number of rotatable bonds is 3. The van der Waals surface area contributed by atoms with Crippen LogP contribution >= 0.6 is 12.2 Å². The van der Waals surface area contributed by atoms with E-state index in [0.717, 1.165) is 11.3 Å². The molecule has 1 aromatic heterocycles. The molecule has 2 N–H and O–H groups in total. The van der Waals surface area contributed by atoms with Gasteiger partial charge < -0.3 is 5.32 Å². The average molecular weight is 236 g/mol. The molecule has 1 heterocycles. The summed E-state index contributed by atoms with van der Waals surface area (Å²) in [4.78, 5) is 3.95. The first kappa shape index (κ1) is 12.6. The molecule has 0 bridgehead atoms. The Morgan fingerprint density at radius 1 is 1.38 bits per heavy atom. The van der Waals surface area contributed by atoms with Crippen LogP contribution in [0.1, 0.15) is 26.3 Å². The number of aromatic nitrogens is 1. The van der Waals surface area contributed by atoms with E-state index >= 15 is 0 Å². The van der Waals surface area contributed by atoms with Crippen LogP contribution in [0.15, 0.2) is 29.6 Å². The van der Waals surface area contributed by atoms with Crippen molar-refractivity contribution in [2.24, 2.45) is 5.10 Å². The monoisotopic (exact) mass is 236 g/mol. The number of hydrogen-bond donors (Lipinski definition) is 2. The largest absolute Gasteiger partial charge is 0.359 e. The second kappa shape index (κ2) is 6.17. The molecule has 1 rings (SSSR count). The standard InChI is InChI=1S/C11H16N4S/c1-8(2)13-11(16)15-14-9(3)10-4-6-12-7-5-10/h4-8H,1-3H3,(H2,13,15,16)/b14-9-. The minimum absolute atomic E-state index is 0.302. The van der Waals surface area contributed by atoms with Gasteiger partial charge in [0.15, 0.2) is 5.11 Å². The third-order valence-electron chi connectivity index (χ3n) is 1.84. The SMILES string of the molecule is C/C(=N/NC(=S)NC(C)C)c1ccncc1. The molecule has 0 aliphatic heterocycles. The summed E-state index contributed by atoms with van der Waals surface area (Å²) in [7, 11) is 0. The average Bonchev–Trinajstić information content (AvgIpc) is 2.26. The summed E-state index contributed by atoms with van der Waals surface area (Å²) in [6, 6.07) is 4.11. The fraction of sp³-hybridized carbons (Fsp3) is 0.364. The van der Waals surface area contributed by atoms with Crippen molar-refractivity contribution in [3.8, 4) is 0 Å². The van der Waals surface area contributed by atoms with Crippen molar-refractivity contribution in [2.45, 2.75) is 26.8 Å². The van der Waals surface area contributed by atoms with Crippen molar-refractivity contribution in [2.75, 3.05) is 0 Å². The first-order chi connectivity index (χ1) is 7.59. The smallest absolute Gasteiger partial charge is 0.187 e. The summed E-state index contributed by atoms with van der Waals surface area (Å²) < 4.78 is 0. The van der Waals surface area contributed by atoms with Gasteiger partial charge in [-0.3, -0.25) is 10.4 Å². The number of pyridine rings is 1. The van der Waals surface area contributed by atoms with Crippen LogP contribution in [-0.2, 0) is 0 Å². The van der Waals surface area contributed by atoms with E-state index < -0.39 is 0 Å². The van der Waals surface area contributed by atoms with Crippen LogP contribution in [-0.4, -0.2) is 21.8 Å². The molecule has 4 nitrogen and oxygen atoms in total. The fourth-order valence-corrected chi connectivity index (χ4v) is 1.37. The normalized spacial score (nSPS) is 11.4. The van der Waals surface area contributed by atoms with E-state index in [1.807, 2.05) is 32.9 Å². The predicted molar refractivity (Wildman–Crippen MR) is 70.5 cm³/mol. The molecule has 0 aromatic carbocycles. The lowest BCUT2D eigenvalue weighted by Crippen LogP contribution is -2.37. The minimum atomic E-state index is 0.302. The molecule has 0 aliphatic rings. The number of nitrogens with one attached hydrogen (secondary N) is 2. The Morgan fingerprint density at radius 2 is 2.00 bits per heavy atom. The van der Waals surface area contributed by atoms with Gasteiger partial charge in [0.25, 0.3) is 0 Å². The highest BCUT2D eigenvalue weighted by molar-refractivity contribution is 7.80. The molecule has 5 heteroatoms. The van der Waals surface area contributed by atoms with Crippen molar-refractivity contribution in [1.29, 1.82) is 0 Å².